The van der Waals surface area contributed by atoms with Gasteiger partial charge in [-0.3, -0.25) is 9.59 Å². The molecule has 1 atom stereocenters. The molecule has 1 unspecified atom stereocenters. The van der Waals surface area contributed by atoms with Gasteiger partial charge in [0.1, 0.15) is 5.69 Å². The Morgan fingerprint density at radius 2 is 2.11 bits per heavy atom. The summed E-state index contributed by atoms with van der Waals surface area (Å²) in [7, 11) is 1.58. The Morgan fingerprint density at radius 3 is 2.82 bits per heavy atom. The molecule has 3 heterocycles. The number of alkyl halides is 1. The zero-order chi connectivity index (χ0) is 19.7. The van der Waals surface area contributed by atoms with Gasteiger partial charge in [0, 0.05) is 19.7 Å². The molecule has 0 radical (unpaired) electrons. The quantitative estimate of drug-likeness (QED) is 0.454. The van der Waals surface area contributed by atoms with E-state index in [0.717, 1.165) is 35.9 Å². The number of hydrogen-bond acceptors (Lipinski definition) is 4. The summed E-state index contributed by atoms with van der Waals surface area (Å²) in [5.74, 6) is -0.508. The first kappa shape index (κ1) is 19.7. The van der Waals surface area contributed by atoms with E-state index in [1.54, 1.807) is 18.4 Å². The van der Waals surface area contributed by atoms with Crippen molar-refractivity contribution >= 4 is 45.0 Å². The van der Waals surface area contributed by atoms with Gasteiger partial charge in [-0.25, -0.2) is 0 Å². The van der Waals surface area contributed by atoms with Crippen LogP contribution in [-0.4, -0.2) is 52.6 Å². The van der Waals surface area contributed by atoms with Crippen molar-refractivity contribution in [2.24, 2.45) is 0 Å². The lowest BCUT2D eigenvalue weighted by molar-refractivity contribution is -0.129. The van der Waals surface area contributed by atoms with Crippen LogP contribution in [0, 0.1) is 0 Å². The van der Waals surface area contributed by atoms with E-state index in [2.05, 4.69) is 5.32 Å². The molecule has 6 nitrogen and oxygen atoms in total. The van der Waals surface area contributed by atoms with Crippen molar-refractivity contribution in [1.29, 1.82) is 0 Å². The SMILES string of the molecule is COCCN1C(=O)c2cc3sccc3n2CC1(Cl)C(=O)NC1CCCCCC1. The van der Waals surface area contributed by atoms with Crippen LogP contribution in [0.4, 0.5) is 0 Å². The number of halogens is 1. The molecule has 2 amide bonds. The normalized spacial score (nSPS) is 23.6. The monoisotopic (exact) mass is 423 g/mol. The minimum absolute atomic E-state index is 0.122. The fraction of sp³-hybridized carbons (Fsp3) is 0.600. The minimum Gasteiger partial charge on any atom is -0.383 e. The van der Waals surface area contributed by atoms with Crippen molar-refractivity contribution in [3.63, 3.8) is 0 Å². The maximum Gasteiger partial charge on any atom is 0.272 e. The van der Waals surface area contributed by atoms with Crippen LogP contribution in [0.15, 0.2) is 17.5 Å². The maximum atomic E-state index is 13.3. The summed E-state index contributed by atoms with van der Waals surface area (Å²) in [6.45, 7) is 0.833. The molecule has 0 bridgehead atoms. The molecule has 1 aliphatic heterocycles. The standard InChI is InChI=1S/C20H26ClN3O3S/c1-27-10-9-24-18(25)16-12-17-15(8-11-28-17)23(16)13-20(24,21)19(26)22-14-6-4-2-3-5-7-14/h8,11-12,14H,2-7,9-10,13H2,1H3,(H,22,26). The Bertz CT molecular complexity index is 871. The van der Waals surface area contributed by atoms with Gasteiger partial charge in [-0.1, -0.05) is 37.3 Å². The highest BCUT2D eigenvalue weighted by atomic mass is 35.5. The number of methoxy groups -OCH3 is 1. The van der Waals surface area contributed by atoms with E-state index in [-0.39, 0.29) is 30.9 Å². The summed E-state index contributed by atoms with van der Waals surface area (Å²) in [6, 6.07) is 3.99. The summed E-state index contributed by atoms with van der Waals surface area (Å²) in [5, 5.41) is 5.13. The number of carbonyl (C=O) groups excluding carboxylic acids is 2. The summed E-state index contributed by atoms with van der Waals surface area (Å²) in [6.07, 6.45) is 6.58. The number of rotatable bonds is 5. The molecule has 1 aliphatic carbocycles. The number of hydrogen-bond donors (Lipinski definition) is 1. The molecule has 0 aromatic carbocycles. The smallest absolute Gasteiger partial charge is 0.272 e. The van der Waals surface area contributed by atoms with Crippen LogP contribution in [0.5, 0.6) is 0 Å². The average molecular weight is 424 g/mol. The predicted octanol–water partition coefficient (Wildman–Crippen LogP) is 3.58. The molecule has 2 aromatic rings. The van der Waals surface area contributed by atoms with Gasteiger partial charge in [0.15, 0.2) is 0 Å². The van der Waals surface area contributed by atoms with Gasteiger partial charge in [-0.15, -0.1) is 11.3 Å². The Balaban J connectivity index is 1.66. The van der Waals surface area contributed by atoms with E-state index < -0.39 is 5.00 Å². The highest BCUT2D eigenvalue weighted by molar-refractivity contribution is 7.17. The molecule has 2 aromatic heterocycles. The number of amides is 2. The van der Waals surface area contributed by atoms with Gasteiger partial charge < -0.3 is 19.5 Å². The van der Waals surface area contributed by atoms with Crippen molar-refractivity contribution in [2.45, 2.75) is 56.1 Å². The van der Waals surface area contributed by atoms with Gasteiger partial charge in [-0.05, 0) is 30.4 Å². The van der Waals surface area contributed by atoms with E-state index in [0.29, 0.717) is 12.3 Å². The number of nitrogens with zero attached hydrogens (tertiary/aromatic N) is 2. The van der Waals surface area contributed by atoms with Gasteiger partial charge in [0.2, 0.25) is 5.00 Å². The molecule has 0 spiro atoms. The lowest BCUT2D eigenvalue weighted by Gasteiger charge is -2.42. The second kappa shape index (κ2) is 8.05. The molecule has 1 saturated carbocycles. The second-order valence-electron chi connectivity index (χ2n) is 7.66. The number of nitrogens with one attached hydrogen (secondary N) is 1. The van der Waals surface area contributed by atoms with E-state index in [4.69, 9.17) is 16.3 Å². The molecule has 4 rings (SSSR count). The molecule has 1 N–H and O–H groups in total. The summed E-state index contributed by atoms with van der Waals surface area (Å²) in [4.78, 5) is 26.6. The number of thiophene rings is 1. The third-order valence-corrected chi connectivity index (χ3v) is 7.19. The number of ether oxygens (including phenoxy) is 1. The molecule has 28 heavy (non-hydrogen) atoms. The largest absolute Gasteiger partial charge is 0.383 e. The average Bonchev–Trinajstić information content (AvgIpc) is 3.16. The minimum atomic E-state index is -1.46. The Hall–Kier alpha value is -1.57. The van der Waals surface area contributed by atoms with Crippen molar-refractivity contribution in [2.75, 3.05) is 20.3 Å². The van der Waals surface area contributed by atoms with Crippen molar-refractivity contribution in [1.82, 2.24) is 14.8 Å². The van der Waals surface area contributed by atoms with Crippen LogP contribution < -0.4 is 5.32 Å². The predicted molar refractivity (Wildman–Crippen MR) is 111 cm³/mol. The molecular formula is C20H26ClN3O3S. The molecule has 1 fully saturated rings. The summed E-state index contributed by atoms with van der Waals surface area (Å²) < 4.78 is 8.09. The lowest BCUT2D eigenvalue weighted by atomic mass is 10.1. The number of aromatic nitrogens is 1. The van der Waals surface area contributed by atoms with E-state index >= 15 is 0 Å². The lowest BCUT2D eigenvalue weighted by Crippen LogP contribution is -2.63. The maximum absolute atomic E-state index is 13.3. The van der Waals surface area contributed by atoms with Crippen molar-refractivity contribution < 1.29 is 14.3 Å². The Labute approximate surface area is 173 Å². The van der Waals surface area contributed by atoms with Crippen LogP contribution >= 0.6 is 22.9 Å². The van der Waals surface area contributed by atoms with Crippen LogP contribution in [0.1, 0.15) is 49.0 Å². The highest BCUT2D eigenvalue weighted by Gasteiger charge is 2.50. The van der Waals surface area contributed by atoms with Gasteiger partial charge in [0.05, 0.1) is 23.4 Å². The van der Waals surface area contributed by atoms with Crippen molar-refractivity contribution in [3.05, 3.63) is 23.2 Å². The van der Waals surface area contributed by atoms with Gasteiger partial charge >= 0.3 is 0 Å². The van der Waals surface area contributed by atoms with E-state index in [1.165, 1.54) is 17.7 Å². The van der Waals surface area contributed by atoms with E-state index in [1.807, 2.05) is 22.1 Å². The van der Waals surface area contributed by atoms with Crippen LogP contribution in [0.25, 0.3) is 10.2 Å². The fourth-order valence-electron chi connectivity index (χ4n) is 4.29. The first-order chi connectivity index (χ1) is 13.5. The van der Waals surface area contributed by atoms with E-state index in [9.17, 15) is 9.59 Å². The topological polar surface area (TPSA) is 63.6 Å². The molecule has 152 valence electrons. The fourth-order valence-corrected chi connectivity index (χ4v) is 5.45. The second-order valence-corrected chi connectivity index (χ2v) is 9.23. The van der Waals surface area contributed by atoms with Crippen LogP contribution in [0.2, 0.25) is 0 Å². The zero-order valence-corrected chi connectivity index (χ0v) is 17.7. The summed E-state index contributed by atoms with van der Waals surface area (Å²) in [5.41, 5.74) is 1.53. The number of fused-ring (bicyclic) bond motifs is 3. The zero-order valence-electron chi connectivity index (χ0n) is 16.1. The first-order valence-electron chi connectivity index (χ1n) is 9.92. The Kier molecular flexibility index (Phi) is 5.67. The van der Waals surface area contributed by atoms with Crippen LogP contribution in [0.3, 0.4) is 0 Å². The molecular weight excluding hydrogens is 398 g/mol. The van der Waals surface area contributed by atoms with Gasteiger partial charge in [0.25, 0.3) is 11.8 Å². The Morgan fingerprint density at radius 1 is 1.36 bits per heavy atom. The molecule has 8 heteroatoms. The molecule has 0 saturated heterocycles. The van der Waals surface area contributed by atoms with Crippen LogP contribution in [-0.2, 0) is 16.1 Å². The highest BCUT2D eigenvalue weighted by Crippen LogP contribution is 2.36. The van der Waals surface area contributed by atoms with Gasteiger partial charge in [-0.2, -0.15) is 0 Å². The molecule has 2 aliphatic rings. The third-order valence-electron chi connectivity index (χ3n) is 5.84. The first-order valence-corrected chi connectivity index (χ1v) is 11.2. The van der Waals surface area contributed by atoms with Crippen molar-refractivity contribution in [3.8, 4) is 0 Å². The third kappa shape index (κ3) is 3.44. The summed E-state index contributed by atoms with van der Waals surface area (Å²) >= 11 is 8.54. The number of carbonyl (C=O) groups is 2.